The summed E-state index contributed by atoms with van der Waals surface area (Å²) in [6.07, 6.45) is -0.590. The summed E-state index contributed by atoms with van der Waals surface area (Å²) in [4.78, 5) is 26.7. The molecule has 3 aromatic rings. The molecular formula is C17H11N3O4S. The number of rotatable bonds is 4. The molecule has 124 valence electrons. The molecule has 0 saturated heterocycles. The van der Waals surface area contributed by atoms with Crippen LogP contribution in [0.5, 0.6) is 0 Å². The first-order valence-electron chi connectivity index (χ1n) is 7.38. The highest BCUT2D eigenvalue weighted by molar-refractivity contribution is 7.14. The summed E-state index contributed by atoms with van der Waals surface area (Å²) in [5, 5.41) is 16.3. The van der Waals surface area contributed by atoms with Crippen LogP contribution in [0, 0.1) is 10.1 Å². The third kappa shape index (κ3) is 2.83. The Bertz CT molecular complexity index is 985. The molecule has 1 aromatic heterocycles. The molecular weight excluding hydrogens is 342 g/mol. The number of fused-ring (bicyclic) bond motifs is 1. The number of thiazole rings is 1. The molecule has 1 aliphatic heterocycles. The van der Waals surface area contributed by atoms with Crippen molar-refractivity contribution in [1.82, 2.24) is 4.98 Å². The van der Waals surface area contributed by atoms with E-state index in [1.807, 2.05) is 12.1 Å². The molecule has 4 rings (SSSR count). The molecule has 0 saturated carbocycles. The Kier molecular flexibility index (Phi) is 3.66. The van der Waals surface area contributed by atoms with Crippen molar-refractivity contribution < 1.29 is 14.5 Å². The maximum atomic E-state index is 11.9. The number of carbonyl (C=O) groups excluding carboxylic acids is 1. The number of hydrogen-bond donors (Lipinski definition) is 1. The van der Waals surface area contributed by atoms with E-state index in [9.17, 15) is 14.9 Å². The van der Waals surface area contributed by atoms with Crippen LogP contribution in [0.25, 0.3) is 11.3 Å². The first-order chi connectivity index (χ1) is 12.1. The lowest BCUT2D eigenvalue weighted by Gasteiger charge is -2.11. The predicted molar refractivity (Wildman–Crippen MR) is 92.4 cm³/mol. The topological polar surface area (TPSA) is 94.4 Å². The van der Waals surface area contributed by atoms with Crippen molar-refractivity contribution in [3.05, 3.63) is 75.2 Å². The average Bonchev–Trinajstić information content (AvgIpc) is 3.21. The van der Waals surface area contributed by atoms with Crippen molar-refractivity contribution in [3.8, 4) is 11.3 Å². The highest BCUT2D eigenvalue weighted by atomic mass is 32.1. The highest BCUT2D eigenvalue weighted by Gasteiger charge is 2.31. The molecule has 1 N–H and O–H groups in total. The van der Waals surface area contributed by atoms with Crippen molar-refractivity contribution in [3.63, 3.8) is 0 Å². The molecule has 0 radical (unpaired) electrons. The maximum Gasteiger partial charge on any atom is 0.340 e. The summed E-state index contributed by atoms with van der Waals surface area (Å²) in [6.45, 7) is 0. The summed E-state index contributed by atoms with van der Waals surface area (Å²) in [7, 11) is 0. The van der Waals surface area contributed by atoms with E-state index in [-0.39, 0.29) is 11.7 Å². The normalized spacial score (nSPS) is 15.5. The fourth-order valence-corrected chi connectivity index (χ4v) is 3.35. The second kappa shape index (κ2) is 5.99. The van der Waals surface area contributed by atoms with Gasteiger partial charge in [-0.1, -0.05) is 30.3 Å². The van der Waals surface area contributed by atoms with Gasteiger partial charge in [0.05, 0.1) is 16.2 Å². The summed E-state index contributed by atoms with van der Waals surface area (Å²) in [5.74, 6) is -0.372. The van der Waals surface area contributed by atoms with Crippen LogP contribution in [-0.4, -0.2) is 15.9 Å². The van der Waals surface area contributed by atoms with E-state index >= 15 is 0 Å². The van der Waals surface area contributed by atoms with Gasteiger partial charge in [0.1, 0.15) is 0 Å². The number of carbonyl (C=O) groups is 1. The fourth-order valence-electron chi connectivity index (χ4n) is 2.62. The second-order valence-corrected chi connectivity index (χ2v) is 6.22. The van der Waals surface area contributed by atoms with E-state index in [1.54, 1.807) is 29.6 Å². The van der Waals surface area contributed by atoms with Crippen LogP contribution in [-0.2, 0) is 4.74 Å². The van der Waals surface area contributed by atoms with E-state index in [4.69, 9.17) is 4.74 Å². The largest absolute Gasteiger partial charge is 0.434 e. The van der Waals surface area contributed by atoms with Crippen LogP contribution >= 0.6 is 11.3 Å². The molecule has 0 fully saturated rings. The molecule has 2 aromatic carbocycles. The van der Waals surface area contributed by atoms with Gasteiger partial charge < -0.3 is 10.1 Å². The van der Waals surface area contributed by atoms with Gasteiger partial charge in [-0.05, 0) is 6.07 Å². The van der Waals surface area contributed by atoms with Crippen LogP contribution in [0.2, 0.25) is 0 Å². The Hall–Kier alpha value is -3.26. The van der Waals surface area contributed by atoms with Crippen LogP contribution in [0.15, 0.2) is 53.9 Å². The van der Waals surface area contributed by atoms with Crippen LogP contribution in [0.4, 0.5) is 10.8 Å². The first-order valence-corrected chi connectivity index (χ1v) is 8.26. The lowest BCUT2D eigenvalue weighted by atomic mass is 10.1. The van der Waals surface area contributed by atoms with Crippen LogP contribution < -0.4 is 5.32 Å². The average molecular weight is 353 g/mol. The lowest BCUT2D eigenvalue weighted by Crippen LogP contribution is -2.09. The zero-order valence-corrected chi connectivity index (χ0v) is 13.5. The molecule has 1 atom stereocenters. The maximum absolute atomic E-state index is 11.9. The van der Waals surface area contributed by atoms with Crippen LogP contribution in [0.1, 0.15) is 22.1 Å². The number of anilines is 1. The Morgan fingerprint density at radius 1 is 1.20 bits per heavy atom. The Morgan fingerprint density at radius 3 is 2.88 bits per heavy atom. The standard InChI is InChI=1S/C17H11N3O4S/c21-16-13-7-2-1-6-12(13)15(24-16)19-17-18-14(9-25-17)10-4-3-5-11(8-10)20(22)23/h1-9,15H,(H,18,19)/t15-/m0/s1. The van der Waals surface area contributed by atoms with Crippen molar-refractivity contribution in [2.24, 2.45) is 0 Å². The second-order valence-electron chi connectivity index (χ2n) is 5.36. The van der Waals surface area contributed by atoms with Crippen molar-refractivity contribution in [1.29, 1.82) is 0 Å². The molecule has 25 heavy (non-hydrogen) atoms. The monoisotopic (exact) mass is 353 g/mol. The third-order valence-electron chi connectivity index (χ3n) is 3.80. The van der Waals surface area contributed by atoms with E-state index < -0.39 is 11.2 Å². The zero-order valence-electron chi connectivity index (χ0n) is 12.7. The van der Waals surface area contributed by atoms with Gasteiger partial charge in [-0.25, -0.2) is 9.78 Å². The quantitative estimate of drug-likeness (QED) is 0.433. The smallest absolute Gasteiger partial charge is 0.340 e. The molecule has 0 bridgehead atoms. The predicted octanol–water partition coefficient (Wildman–Crippen LogP) is 4.00. The van der Waals surface area contributed by atoms with Crippen molar-refractivity contribution >= 4 is 28.1 Å². The van der Waals surface area contributed by atoms with Gasteiger partial charge in [0.15, 0.2) is 5.13 Å². The number of hydrogen-bond acceptors (Lipinski definition) is 7. The van der Waals surface area contributed by atoms with Gasteiger partial charge in [-0.2, -0.15) is 0 Å². The Labute approximate surface area is 146 Å². The number of ether oxygens (including phenoxy) is 1. The van der Waals surface area contributed by atoms with E-state index in [0.717, 1.165) is 5.56 Å². The number of nitrogens with one attached hydrogen (secondary N) is 1. The Morgan fingerprint density at radius 2 is 2.04 bits per heavy atom. The Balaban J connectivity index is 1.58. The molecule has 0 amide bonds. The molecule has 0 aliphatic carbocycles. The summed E-state index contributed by atoms with van der Waals surface area (Å²) < 4.78 is 5.33. The van der Waals surface area contributed by atoms with Gasteiger partial charge in [0, 0.05) is 28.6 Å². The van der Waals surface area contributed by atoms with Crippen molar-refractivity contribution in [2.75, 3.05) is 5.32 Å². The number of benzene rings is 2. The van der Waals surface area contributed by atoms with E-state index in [2.05, 4.69) is 10.3 Å². The summed E-state index contributed by atoms with van der Waals surface area (Å²) in [5.41, 5.74) is 2.59. The molecule has 1 aliphatic rings. The highest BCUT2D eigenvalue weighted by Crippen LogP contribution is 2.34. The van der Waals surface area contributed by atoms with Gasteiger partial charge in [0.2, 0.25) is 6.23 Å². The van der Waals surface area contributed by atoms with Crippen molar-refractivity contribution in [2.45, 2.75) is 6.23 Å². The van der Waals surface area contributed by atoms with E-state index in [0.29, 0.717) is 22.0 Å². The van der Waals surface area contributed by atoms with Gasteiger partial charge in [-0.3, -0.25) is 10.1 Å². The van der Waals surface area contributed by atoms with Gasteiger partial charge in [-0.15, -0.1) is 11.3 Å². The SMILES string of the molecule is O=C1O[C@H](Nc2nc(-c3cccc([N+](=O)[O-])c3)cs2)c2ccccc21. The summed E-state index contributed by atoms with van der Waals surface area (Å²) >= 11 is 1.34. The number of nitro benzene ring substituents is 1. The number of esters is 1. The molecule has 0 unspecified atom stereocenters. The number of nitro groups is 1. The first kappa shape index (κ1) is 15.3. The molecule has 7 nitrogen and oxygen atoms in total. The summed E-state index contributed by atoms with van der Waals surface area (Å²) in [6, 6.07) is 13.5. The zero-order chi connectivity index (χ0) is 17.4. The third-order valence-corrected chi connectivity index (χ3v) is 4.57. The number of nitrogens with zero attached hydrogens (tertiary/aromatic N) is 2. The minimum atomic E-state index is -0.590. The van der Waals surface area contributed by atoms with Gasteiger partial charge >= 0.3 is 5.97 Å². The number of aromatic nitrogens is 1. The number of non-ortho nitro benzene ring substituents is 1. The molecule has 8 heteroatoms. The minimum Gasteiger partial charge on any atom is -0.434 e. The lowest BCUT2D eigenvalue weighted by molar-refractivity contribution is -0.384. The fraction of sp³-hybridized carbons (Fsp3) is 0.0588. The van der Waals surface area contributed by atoms with E-state index in [1.165, 1.54) is 23.5 Å². The number of cyclic esters (lactones) is 1. The van der Waals surface area contributed by atoms with Gasteiger partial charge in [0.25, 0.3) is 5.69 Å². The minimum absolute atomic E-state index is 0.0126. The molecule has 2 heterocycles. The van der Waals surface area contributed by atoms with Crippen LogP contribution in [0.3, 0.4) is 0 Å². The molecule has 0 spiro atoms.